The Bertz CT molecular complexity index is 5630. The van der Waals surface area contributed by atoms with E-state index in [1.54, 1.807) is 0 Å². The molecule has 19 rings (SSSR count). The fourth-order valence-corrected chi connectivity index (χ4v) is 15.3. The third-order valence-corrected chi connectivity index (χ3v) is 19.7. The number of hydrogen-bond acceptors (Lipinski definition) is 6. The van der Waals surface area contributed by atoms with E-state index in [0.717, 1.165) is 129 Å². The first-order valence-electron chi connectivity index (χ1n) is 31.4. The van der Waals surface area contributed by atoms with Crippen molar-refractivity contribution in [1.29, 1.82) is 0 Å². The quantitative estimate of drug-likeness (QED) is 0.141. The van der Waals surface area contributed by atoms with Crippen LogP contribution >= 0.6 is 0 Å². The molecule has 0 bridgehead atoms. The summed E-state index contributed by atoms with van der Waals surface area (Å²) in [4.78, 5) is 7.56. The van der Waals surface area contributed by atoms with Crippen LogP contribution in [0.3, 0.4) is 0 Å². The van der Waals surface area contributed by atoms with E-state index in [9.17, 15) is 0 Å². The van der Waals surface area contributed by atoms with Crippen molar-refractivity contribution in [3.63, 3.8) is 0 Å². The fourth-order valence-electron chi connectivity index (χ4n) is 15.3. The molecule has 0 amide bonds. The smallest absolute Gasteiger partial charge is 0.252 e. The molecule has 428 valence electrons. The molecule has 0 unspecified atom stereocenters. The topological polar surface area (TPSA) is 49.1 Å². The van der Waals surface area contributed by atoms with Gasteiger partial charge in [0.05, 0.1) is 5.69 Å². The van der Waals surface area contributed by atoms with Gasteiger partial charge in [-0.15, -0.1) is 0 Å². The molecule has 3 aliphatic rings. The van der Waals surface area contributed by atoms with Crippen LogP contribution in [0.2, 0.25) is 0 Å². The van der Waals surface area contributed by atoms with E-state index < -0.39 is 0 Å². The van der Waals surface area contributed by atoms with Crippen LogP contribution in [0.15, 0.2) is 298 Å². The normalized spacial score (nSPS) is 13.5. The molecule has 91 heavy (non-hydrogen) atoms. The third kappa shape index (κ3) is 7.87. The molecular formula is C84H56BN3O3. The Kier molecular flexibility index (Phi) is 11.0. The zero-order chi connectivity index (χ0) is 60.2. The first kappa shape index (κ1) is 51.5. The SMILES string of the molecule is Cc1ccccc1N1c2ccccc2B2c3ccc(-c4cc5ccccc5o4)cc3N(c3cccc(-c4cc5ccccc5o4)c3)c3cc(N(c4ccc5c(c4)C(C)(C)c4ccc6ccccc6c4-5)c4ccc5cc(-c6cc7ccccc7o6)ccc5c4)cc1c32. The molecule has 0 radical (unpaired) electrons. The molecule has 1 aliphatic carbocycles. The second-order valence-electron chi connectivity index (χ2n) is 25.3. The summed E-state index contributed by atoms with van der Waals surface area (Å²) in [5, 5.41) is 7.98. The lowest BCUT2D eigenvalue weighted by Crippen LogP contribution is -2.61. The Balaban J connectivity index is 0.889. The van der Waals surface area contributed by atoms with Gasteiger partial charge >= 0.3 is 0 Å². The largest absolute Gasteiger partial charge is 0.456 e. The maximum atomic E-state index is 6.73. The summed E-state index contributed by atoms with van der Waals surface area (Å²) in [5.41, 5.74) is 25.0. The van der Waals surface area contributed by atoms with Gasteiger partial charge in [-0.1, -0.05) is 190 Å². The summed E-state index contributed by atoms with van der Waals surface area (Å²) >= 11 is 0. The van der Waals surface area contributed by atoms with Gasteiger partial charge in [-0.05, 0) is 182 Å². The molecule has 6 nitrogen and oxygen atoms in total. The average Bonchev–Trinajstić information content (AvgIpc) is 1.04. The summed E-state index contributed by atoms with van der Waals surface area (Å²) in [5.74, 6) is 2.48. The minimum Gasteiger partial charge on any atom is -0.456 e. The van der Waals surface area contributed by atoms with Crippen LogP contribution in [-0.2, 0) is 5.41 Å². The summed E-state index contributed by atoms with van der Waals surface area (Å²) in [6.45, 7) is 6.88. The minimum absolute atomic E-state index is 0.144. The molecule has 2 aliphatic heterocycles. The number of furan rings is 3. The summed E-state index contributed by atoms with van der Waals surface area (Å²) < 4.78 is 19.9. The van der Waals surface area contributed by atoms with Gasteiger partial charge in [0.2, 0.25) is 0 Å². The molecule has 0 spiro atoms. The zero-order valence-electron chi connectivity index (χ0n) is 50.3. The molecule has 0 atom stereocenters. The number of benzene rings is 13. The van der Waals surface area contributed by atoms with E-state index in [-0.39, 0.29) is 12.1 Å². The van der Waals surface area contributed by atoms with Gasteiger partial charge < -0.3 is 28.0 Å². The number of rotatable bonds is 8. The highest BCUT2D eigenvalue weighted by Crippen LogP contribution is 2.55. The predicted molar refractivity (Wildman–Crippen MR) is 378 cm³/mol. The van der Waals surface area contributed by atoms with Crippen LogP contribution in [0, 0.1) is 6.92 Å². The molecule has 0 saturated carbocycles. The third-order valence-electron chi connectivity index (χ3n) is 19.7. The van der Waals surface area contributed by atoms with Gasteiger partial charge in [0.15, 0.2) is 0 Å². The lowest BCUT2D eigenvalue weighted by atomic mass is 9.33. The molecule has 0 N–H and O–H groups in total. The second kappa shape index (κ2) is 19.5. The van der Waals surface area contributed by atoms with E-state index >= 15 is 0 Å². The van der Waals surface area contributed by atoms with Crippen LogP contribution in [0.1, 0.15) is 30.5 Å². The van der Waals surface area contributed by atoms with Crippen molar-refractivity contribution in [3.8, 4) is 45.1 Å². The Morgan fingerprint density at radius 1 is 0.352 bits per heavy atom. The van der Waals surface area contributed by atoms with Crippen LogP contribution in [0.4, 0.5) is 51.2 Å². The molecule has 13 aromatic carbocycles. The Morgan fingerprint density at radius 2 is 0.901 bits per heavy atom. The first-order chi connectivity index (χ1) is 44.7. The predicted octanol–water partition coefficient (Wildman–Crippen LogP) is 21.4. The van der Waals surface area contributed by atoms with E-state index in [1.807, 2.05) is 30.3 Å². The number of para-hydroxylation sites is 5. The van der Waals surface area contributed by atoms with Gasteiger partial charge in [-0.3, -0.25) is 0 Å². The molecule has 5 heterocycles. The van der Waals surface area contributed by atoms with Crippen molar-refractivity contribution in [2.75, 3.05) is 14.7 Å². The lowest BCUT2D eigenvalue weighted by molar-refractivity contribution is 0.631. The second-order valence-corrected chi connectivity index (χ2v) is 25.3. The average molecular weight is 1170 g/mol. The zero-order valence-corrected chi connectivity index (χ0v) is 50.3. The Hall–Kier alpha value is -11.5. The van der Waals surface area contributed by atoms with E-state index in [1.165, 1.54) is 55.0 Å². The highest BCUT2D eigenvalue weighted by molar-refractivity contribution is 7.00. The van der Waals surface area contributed by atoms with Gasteiger partial charge in [0.25, 0.3) is 6.71 Å². The van der Waals surface area contributed by atoms with Crippen molar-refractivity contribution in [1.82, 2.24) is 0 Å². The van der Waals surface area contributed by atoms with Crippen molar-refractivity contribution in [3.05, 3.63) is 302 Å². The van der Waals surface area contributed by atoms with Crippen LogP contribution in [0.25, 0.3) is 99.6 Å². The number of fused-ring (bicyclic) bond motifs is 13. The maximum absolute atomic E-state index is 6.73. The molecule has 0 saturated heterocycles. The highest BCUT2D eigenvalue weighted by Gasteiger charge is 2.45. The summed E-state index contributed by atoms with van der Waals surface area (Å²) in [6, 6.07) is 104. The molecule has 0 fully saturated rings. The maximum Gasteiger partial charge on any atom is 0.252 e. The molecule has 7 heteroatoms. The summed E-state index contributed by atoms with van der Waals surface area (Å²) in [7, 11) is 0. The lowest BCUT2D eigenvalue weighted by Gasteiger charge is -2.45. The summed E-state index contributed by atoms with van der Waals surface area (Å²) in [6.07, 6.45) is 0. The number of hydrogen-bond donors (Lipinski definition) is 0. The highest BCUT2D eigenvalue weighted by atomic mass is 16.3. The number of nitrogens with zero attached hydrogens (tertiary/aromatic N) is 3. The van der Waals surface area contributed by atoms with Gasteiger partial charge in [-0.25, -0.2) is 0 Å². The molecule has 3 aromatic heterocycles. The van der Waals surface area contributed by atoms with E-state index in [4.69, 9.17) is 13.3 Å². The molecule has 16 aromatic rings. The minimum atomic E-state index is -0.295. The standard InChI is InChI=1S/C84H56BN3O3/c1-51-17-4-11-26-71(51)88-72-27-12-10-25-69(72)85-70-40-35-60(81-47-58-21-8-15-30-78(58)91-81)44-73(70)87(61-23-16-22-55(43-61)79-45-56-19-6-13-28-76(56)89-79)74-49-64(50-75(88)83(74)85)86(62-36-33-53-41-59(32-31-54(53)42-62)80-46-57-20-7-14-29-77(57)90-80)63-37-38-66-68(48-63)84(2,3)67-39-34-52-18-5-9-24-65(52)82(66)67/h4-50H,1-3H3. The Labute approximate surface area is 526 Å². The van der Waals surface area contributed by atoms with E-state index in [2.05, 4.69) is 290 Å². The van der Waals surface area contributed by atoms with Gasteiger partial charge in [0, 0.05) is 83.8 Å². The van der Waals surface area contributed by atoms with Crippen LogP contribution in [0.5, 0.6) is 0 Å². The van der Waals surface area contributed by atoms with Gasteiger partial charge in [0.1, 0.15) is 34.0 Å². The van der Waals surface area contributed by atoms with Crippen LogP contribution in [-0.4, -0.2) is 6.71 Å². The number of aryl methyl sites for hydroxylation is 1. The fraction of sp³-hybridized carbons (Fsp3) is 0.0476. The van der Waals surface area contributed by atoms with Crippen molar-refractivity contribution >= 4 is 129 Å². The monoisotopic (exact) mass is 1170 g/mol. The van der Waals surface area contributed by atoms with Gasteiger partial charge in [-0.2, -0.15) is 0 Å². The van der Waals surface area contributed by atoms with Crippen molar-refractivity contribution in [2.45, 2.75) is 26.2 Å². The van der Waals surface area contributed by atoms with Crippen LogP contribution < -0.4 is 31.1 Å². The first-order valence-corrected chi connectivity index (χ1v) is 31.4. The number of anilines is 9. The van der Waals surface area contributed by atoms with Crippen molar-refractivity contribution in [2.24, 2.45) is 0 Å². The van der Waals surface area contributed by atoms with Crippen molar-refractivity contribution < 1.29 is 13.3 Å². The van der Waals surface area contributed by atoms with E-state index in [0.29, 0.717) is 0 Å². The Morgan fingerprint density at radius 3 is 1.62 bits per heavy atom. The molecular weight excluding hydrogens is 1110 g/mol.